The Morgan fingerprint density at radius 2 is 1.76 bits per heavy atom. The third-order valence-electron chi connectivity index (χ3n) is 3.79. The first kappa shape index (κ1) is 18.1. The number of hydrogen-bond donors (Lipinski definition) is 2. The van der Waals surface area contributed by atoms with Gasteiger partial charge in [-0.3, -0.25) is 0 Å². The Morgan fingerprint density at radius 1 is 1.19 bits per heavy atom. The molecule has 120 valence electrons. The van der Waals surface area contributed by atoms with Crippen molar-refractivity contribution >= 4 is 10.0 Å². The van der Waals surface area contributed by atoms with Crippen LogP contribution in [-0.4, -0.2) is 15.0 Å². The third kappa shape index (κ3) is 4.49. The van der Waals surface area contributed by atoms with Crippen molar-refractivity contribution in [3.05, 3.63) is 29.6 Å². The highest BCUT2D eigenvalue weighted by molar-refractivity contribution is 7.89. The minimum atomic E-state index is -3.76. The second-order valence-corrected chi connectivity index (χ2v) is 7.66. The molecule has 1 aromatic rings. The second kappa shape index (κ2) is 7.33. The minimum absolute atomic E-state index is 0.0237. The van der Waals surface area contributed by atoms with Gasteiger partial charge in [-0.15, -0.1) is 0 Å². The van der Waals surface area contributed by atoms with E-state index in [9.17, 15) is 12.8 Å². The second-order valence-electron chi connectivity index (χ2n) is 5.92. The molecule has 4 nitrogen and oxygen atoms in total. The van der Waals surface area contributed by atoms with E-state index in [1.807, 2.05) is 0 Å². The highest BCUT2D eigenvalue weighted by atomic mass is 32.2. The van der Waals surface area contributed by atoms with E-state index < -0.39 is 15.8 Å². The van der Waals surface area contributed by atoms with Crippen molar-refractivity contribution in [3.63, 3.8) is 0 Å². The first-order chi connectivity index (χ1) is 9.70. The van der Waals surface area contributed by atoms with E-state index >= 15 is 0 Å². The fraction of sp³-hybridized carbons (Fsp3) is 0.600. The predicted octanol–water partition coefficient (Wildman–Crippen LogP) is 2.49. The number of nitrogens with two attached hydrogens (primary N) is 1. The molecule has 0 aromatic heterocycles. The number of hydrogen-bond acceptors (Lipinski definition) is 3. The molecule has 0 aliphatic carbocycles. The maximum Gasteiger partial charge on any atom is 0.241 e. The fourth-order valence-electron chi connectivity index (χ4n) is 2.51. The molecule has 1 aromatic carbocycles. The van der Waals surface area contributed by atoms with Gasteiger partial charge in [0.15, 0.2) is 0 Å². The summed E-state index contributed by atoms with van der Waals surface area (Å²) in [6, 6.07) is 3.98. The summed E-state index contributed by atoms with van der Waals surface area (Å²) >= 11 is 0. The first-order valence-electron chi connectivity index (χ1n) is 7.17. The topological polar surface area (TPSA) is 72.2 Å². The molecule has 0 saturated carbocycles. The molecule has 3 N–H and O–H groups in total. The van der Waals surface area contributed by atoms with Crippen LogP contribution in [0, 0.1) is 23.6 Å². The van der Waals surface area contributed by atoms with Crippen LogP contribution >= 0.6 is 0 Å². The molecule has 21 heavy (non-hydrogen) atoms. The third-order valence-corrected chi connectivity index (χ3v) is 5.30. The van der Waals surface area contributed by atoms with Crippen LogP contribution in [-0.2, 0) is 16.6 Å². The predicted molar refractivity (Wildman–Crippen MR) is 82.6 cm³/mol. The molecule has 0 saturated heterocycles. The smallest absolute Gasteiger partial charge is 0.241 e. The molecule has 0 aliphatic rings. The normalized spacial score (nSPS) is 12.6. The fourth-order valence-corrected chi connectivity index (χ4v) is 3.84. The lowest BCUT2D eigenvalue weighted by Crippen LogP contribution is -2.34. The largest absolute Gasteiger partial charge is 0.326 e. The van der Waals surface area contributed by atoms with Gasteiger partial charge in [0.25, 0.3) is 0 Å². The number of sulfonamides is 1. The number of rotatable bonds is 7. The zero-order valence-corrected chi connectivity index (χ0v) is 13.9. The number of benzene rings is 1. The van der Waals surface area contributed by atoms with Gasteiger partial charge in [0.05, 0.1) is 4.90 Å². The van der Waals surface area contributed by atoms with Crippen molar-refractivity contribution in [2.24, 2.45) is 23.5 Å². The van der Waals surface area contributed by atoms with Crippen LogP contribution in [0.5, 0.6) is 0 Å². The Kier molecular flexibility index (Phi) is 6.31. The molecule has 0 amide bonds. The lowest BCUT2D eigenvalue weighted by atomic mass is 9.86. The molecule has 0 spiro atoms. The van der Waals surface area contributed by atoms with Crippen LogP contribution in [0.3, 0.4) is 0 Å². The number of halogens is 1. The summed E-state index contributed by atoms with van der Waals surface area (Å²) in [6.45, 7) is 8.43. The van der Waals surface area contributed by atoms with Crippen LogP contribution in [0.15, 0.2) is 23.1 Å². The molecule has 0 atom stereocenters. The van der Waals surface area contributed by atoms with Crippen molar-refractivity contribution in [3.8, 4) is 0 Å². The monoisotopic (exact) mass is 316 g/mol. The lowest BCUT2D eigenvalue weighted by Gasteiger charge is -2.25. The van der Waals surface area contributed by atoms with Crippen LogP contribution in [0.2, 0.25) is 0 Å². The molecule has 0 heterocycles. The molecule has 1 rings (SSSR count). The first-order valence-corrected chi connectivity index (χ1v) is 8.66. The zero-order chi connectivity index (χ0) is 16.2. The summed E-state index contributed by atoms with van der Waals surface area (Å²) in [5, 5.41) is 0. The molecule has 6 heteroatoms. The van der Waals surface area contributed by atoms with Gasteiger partial charge in [-0.2, -0.15) is 0 Å². The van der Waals surface area contributed by atoms with Crippen molar-refractivity contribution in [2.45, 2.75) is 39.1 Å². The van der Waals surface area contributed by atoms with E-state index in [0.29, 0.717) is 18.4 Å². The van der Waals surface area contributed by atoms with E-state index in [0.717, 1.165) is 0 Å². The van der Waals surface area contributed by atoms with Crippen LogP contribution in [0.4, 0.5) is 4.39 Å². The Labute approximate surface area is 127 Å². The standard InChI is InChI=1S/C15H25FN2O2S/c1-10(2)13(11(3)4)9-18-21(19,20)15-7-5-6-14(16)12(15)8-17/h5-7,10-11,13,18H,8-9,17H2,1-4H3. The van der Waals surface area contributed by atoms with Gasteiger partial charge in [0.2, 0.25) is 10.0 Å². The Balaban J connectivity index is 3.00. The summed E-state index contributed by atoms with van der Waals surface area (Å²) in [7, 11) is -3.76. The van der Waals surface area contributed by atoms with Gasteiger partial charge >= 0.3 is 0 Å². The molecule has 0 bridgehead atoms. The van der Waals surface area contributed by atoms with E-state index in [2.05, 4.69) is 32.4 Å². The SMILES string of the molecule is CC(C)C(CNS(=O)(=O)c1cccc(F)c1CN)C(C)C. The minimum Gasteiger partial charge on any atom is -0.326 e. The Morgan fingerprint density at radius 3 is 2.24 bits per heavy atom. The molecular formula is C15H25FN2O2S. The molecule has 0 radical (unpaired) electrons. The van der Waals surface area contributed by atoms with Crippen molar-refractivity contribution < 1.29 is 12.8 Å². The quantitative estimate of drug-likeness (QED) is 0.812. The van der Waals surface area contributed by atoms with Gasteiger partial charge in [0.1, 0.15) is 5.82 Å². The van der Waals surface area contributed by atoms with Crippen LogP contribution < -0.4 is 10.5 Å². The van der Waals surface area contributed by atoms with Crippen molar-refractivity contribution in [1.29, 1.82) is 0 Å². The Hall–Kier alpha value is -0.980. The van der Waals surface area contributed by atoms with E-state index in [1.54, 1.807) is 0 Å². The van der Waals surface area contributed by atoms with Crippen LogP contribution in [0.25, 0.3) is 0 Å². The maximum absolute atomic E-state index is 13.7. The highest BCUT2D eigenvalue weighted by Gasteiger charge is 2.24. The summed E-state index contributed by atoms with van der Waals surface area (Å²) in [4.78, 5) is -0.0729. The van der Waals surface area contributed by atoms with Gasteiger partial charge in [0, 0.05) is 18.7 Å². The van der Waals surface area contributed by atoms with Crippen molar-refractivity contribution in [1.82, 2.24) is 4.72 Å². The molecular weight excluding hydrogens is 291 g/mol. The highest BCUT2D eigenvalue weighted by Crippen LogP contribution is 2.22. The van der Waals surface area contributed by atoms with Crippen molar-refractivity contribution in [2.75, 3.05) is 6.54 Å². The average molecular weight is 316 g/mol. The zero-order valence-electron chi connectivity index (χ0n) is 13.1. The van der Waals surface area contributed by atoms with Gasteiger partial charge in [-0.1, -0.05) is 33.8 Å². The summed E-state index contributed by atoms with van der Waals surface area (Å²) in [6.07, 6.45) is 0. The average Bonchev–Trinajstić information content (AvgIpc) is 2.37. The van der Waals surface area contributed by atoms with Crippen LogP contribution in [0.1, 0.15) is 33.3 Å². The van der Waals surface area contributed by atoms with E-state index in [1.165, 1.54) is 18.2 Å². The van der Waals surface area contributed by atoms with Gasteiger partial charge in [-0.05, 0) is 29.9 Å². The summed E-state index contributed by atoms with van der Waals surface area (Å²) in [5.74, 6) is 0.336. The molecule has 0 aliphatic heterocycles. The summed E-state index contributed by atoms with van der Waals surface area (Å²) in [5.41, 5.74) is 5.49. The molecule has 0 unspecified atom stereocenters. The van der Waals surface area contributed by atoms with Gasteiger partial charge in [-0.25, -0.2) is 17.5 Å². The van der Waals surface area contributed by atoms with E-state index in [4.69, 9.17) is 5.73 Å². The number of nitrogens with one attached hydrogen (secondary N) is 1. The van der Waals surface area contributed by atoms with Gasteiger partial charge < -0.3 is 5.73 Å². The van der Waals surface area contributed by atoms with E-state index in [-0.39, 0.29) is 22.9 Å². The lowest BCUT2D eigenvalue weighted by molar-refractivity contribution is 0.289. The Bertz CT molecular complexity index is 563. The molecule has 0 fully saturated rings. The maximum atomic E-state index is 13.7. The summed E-state index contributed by atoms with van der Waals surface area (Å²) < 4.78 is 41.0.